The minimum Gasteiger partial charge on any atom is -0.469 e. The van der Waals surface area contributed by atoms with Gasteiger partial charge in [-0.15, -0.1) is 0 Å². The Kier molecular flexibility index (Phi) is 4.99. The third kappa shape index (κ3) is 3.94. The van der Waals surface area contributed by atoms with E-state index in [9.17, 15) is 10.2 Å². The molecule has 11 nitrogen and oxygen atoms in total. The summed E-state index contributed by atoms with van der Waals surface area (Å²) in [5, 5.41) is 35.0. The summed E-state index contributed by atoms with van der Waals surface area (Å²) < 4.78 is 17.7. The molecule has 4 bridgehead atoms. The molecular formula is C24H32N6O5. The molecule has 6 aliphatic rings. The molecule has 0 spiro atoms. The van der Waals surface area contributed by atoms with Crippen LogP contribution >= 0.6 is 0 Å². The van der Waals surface area contributed by atoms with Gasteiger partial charge in [-0.3, -0.25) is 5.10 Å². The lowest BCUT2D eigenvalue weighted by molar-refractivity contribution is -0.129. The second kappa shape index (κ2) is 8.02. The van der Waals surface area contributed by atoms with Gasteiger partial charge >= 0.3 is 0 Å². The van der Waals surface area contributed by atoms with Gasteiger partial charge in [0, 0.05) is 23.9 Å². The van der Waals surface area contributed by atoms with Crippen molar-refractivity contribution in [3.63, 3.8) is 0 Å². The van der Waals surface area contributed by atoms with Crippen molar-refractivity contribution in [3.8, 4) is 5.88 Å². The number of hydrogen-bond acceptors (Lipinski definition) is 10. The molecule has 4 aliphatic carbocycles. The van der Waals surface area contributed by atoms with Crippen LogP contribution in [0.1, 0.15) is 37.8 Å². The van der Waals surface area contributed by atoms with Crippen molar-refractivity contribution in [2.45, 2.75) is 75.1 Å². The van der Waals surface area contributed by atoms with E-state index in [-0.39, 0.29) is 31.0 Å². The van der Waals surface area contributed by atoms with E-state index in [1.807, 2.05) is 13.0 Å². The van der Waals surface area contributed by atoms with Gasteiger partial charge in [-0.1, -0.05) is 0 Å². The number of aliphatic hydroxyl groups excluding tert-OH is 1. The number of anilines is 3. The fourth-order valence-corrected chi connectivity index (χ4v) is 7.29. The van der Waals surface area contributed by atoms with E-state index in [2.05, 4.69) is 20.8 Å². The Hall–Kier alpha value is -2.47. The predicted molar refractivity (Wildman–Crippen MR) is 124 cm³/mol. The van der Waals surface area contributed by atoms with Gasteiger partial charge < -0.3 is 35.1 Å². The van der Waals surface area contributed by atoms with E-state index < -0.39 is 11.7 Å². The smallest absolute Gasteiger partial charge is 0.228 e. The molecule has 2 saturated heterocycles. The van der Waals surface area contributed by atoms with E-state index in [4.69, 9.17) is 24.2 Å². The molecule has 0 amide bonds. The lowest BCUT2D eigenvalue weighted by atomic mass is 9.52. The minimum atomic E-state index is -0.636. The van der Waals surface area contributed by atoms with Gasteiger partial charge in [-0.2, -0.15) is 15.1 Å². The normalized spacial score (nSPS) is 41.2. The maximum atomic E-state index is 11.0. The first kappa shape index (κ1) is 21.8. The summed E-state index contributed by atoms with van der Waals surface area (Å²) in [6.45, 7) is 2.51. The molecule has 0 radical (unpaired) electrons. The largest absolute Gasteiger partial charge is 0.469 e. The Balaban J connectivity index is 1.15. The van der Waals surface area contributed by atoms with Gasteiger partial charge in [0.05, 0.1) is 18.8 Å². The van der Waals surface area contributed by atoms with Crippen LogP contribution in [-0.2, 0) is 9.47 Å². The summed E-state index contributed by atoms with van der Waals surface area (Å²) in [4.78, 5) is 9.42. The fourth-order valence-electron chi connectivity index (χ4n) is 7.29. The van der Waals surface area contributed by atoms with Crippen molar-refractivity contribution < 1.29 is 24.4 Å². The molecule has 6 fully saturated rings. The summed E-state index contributed by atoms with van der Waals surface area (Å²) in [5.74, 6) is 3.58. The lowest BCUT2D eigenvalue weighted by Crippen LogP contribution is -2.59. The fraction of sp³-hybridized carbons (Fsp3) is 0.708. The number of aliphatic hydroxyl groups is 2. The number of aryl methyl sites for hydroxylation is 1. The van der Waals surface area contributed by atoms with Crippen molar-refractivity contribution in [3.05, 3.63) is 17.8 Å². The highest BCUT2D eigenvalue weighted by Gasteiger charge is 2.55. The average Bonchev–Trinajstić information content (AvgIpc) is 3.49. The van der Waals surface area contributed by atoms with Crippen molar-refractivity contribution in [2.24, 2.45) is 17.8 Å². The zero-order chi connectivity index (χ0) is 23.7. The molecule has 4 heterocycles. The van der Waals surface area contributed by atoms with Gasteiger partial charge in [-0.05, 0) is 56.8 Å². The third-order valence-electron chi connectivity index (χ3n) is 8.46. The first-order valence-electron chi connectivity index (χ1n) is 12.7. The number of aromatic nitrogens is 4. The molecule has 4 unspecified atom stereocenters. The number of aromatic amines is 1. The molecule has 6 atom stereocenters. The Bertz CT molecular complexity index is 1100. The number of hydrogen-bond donors (Lipinski definition) is 5. The second-order valence-electron chi connectivity index (χ2n) is 11.2. The quantitative estimate of drug-likeness (QED) is 0.409. The Morgan fingerprint density at radius 1 is 1.06 bits per heavy atom. The molecule has 35 heavy (non-hydrogen) atoms. The third-order valence-corrected chi connectivity index (χ3v) is 8.46. The van der Waals surface area contributed by atoms with Crippen LogP contribution in [0.5, 0.6) is 5.88 Å². The highest BCUT2D eigenvalue weighted by molar-refractivity contribution is 5.55. The van der Waals surface area contributed by atoms with Gasteiger partial charge in [0.15, 0.2) is 11.9 Å². The number of nitrogens with zero attached hydrogens (tertiary/aromatic N) is 3. The Morgan fingerprint density at radius 2 is 1.86 bits per heavy atom. The van der Waals surface area contributed by atoms with Crippen LogP contribution in [0.25, 0.3) is 0 Å². The average molecular weight is 485 g/mol. The monoisotopic (exact) mass is 484 g/mol. The topological polar surface area (TPSA) is 147 Å². The Morgan fingerprint density at radius 3 is 2.60 bits per heavy atom. The van der Waals surface area contributed by atoms with Crippen molar-refractivity contribution in [1.82, 2.24) is 20.2 Å². The van der Waals surface area contributed by atoms with Crippen LogP contribution in [0.4, 0.5) is 17.6 Å². The van der Waals surface area contributed by atoms with Gasteiger partial charge in [0.1, 0.15) is 24.1 Å². The Labute approximate surface area is 203 Å². The first-order chi connectivity index (χ1) is 16.9. The number of fused-ring (bicyclic) bond motifs is 1. The molecule has 2 aromatic rings. The van der Waals surface area contributed by atoms with Crippen molar-refractivity contribution in [1.29, 1.82) is 0 Å². The van der Waals surface area contributed by atoms with Crippen LogP contribution in [0.15, 0.2) is 12.1 Å². The number of rotatable bonds is 6. The minimum absolute atomic E-state index is 0.232. The standard InChI is InChI=1S/C24H32N6O5/c1-11-2-18(30-29-11)25-17-5-19(35-16-10-34-21-15(31)9-33-22(16)21)27-23(26-17)28-20-13-3-12-4-14(20)8-24(32,6-12)7-13/h2,5,12-16,20-22,31-32H,3-4,6-10H2,1H3,(H3,25,26,27,28,29,30)/t12?,13?,14?,15-,16-,20?,21?,22?,24?/m0/s1. The molecule has 2 aromatic heterocycles. The lowest BCUT2D eigenvalue weighted by Gasteiger charge is -2.58. The molecule has 188 valence electrons. The number of nitrogens with one attached hydrogen (secondary N) is 3. The first-order valence-corrected chi connectivity index (χ1v) is 12.7. The maximum Gasteiger partial charge on any atom is 0.228 e. The number of ether oxygens (including phenoxy) is 3. The van der Waals surface area contributed by atoms with Gasteiger partial charge in [0.2, 0.25) is 11.8 Å². The van der Waals surface area contributed by atoms with Crippen LogP contribution < -0.4 is 15.4 Å². The zero-order valence-electron chi connectivity index (χ0n) is 19.7. The summed E-state index contributed by atoms with van der Waals surface area (Å²) in [7, 11) is 0. The van der Waals surface area contributed by atoms with E-state index in [1.165, 1.54) is 0 Å². The predicted octanol–water partition coefficient (Wildman–Crippen LogP) is 1.51. The molecule has 0 aromatic carbocycles. The van der Waals surface area contributed by atoms with Crippen LogP contribution in [0.3, 0.4) is 0 Å². The van der Waals surface area contributed by atoms with Crippen LogP contribution in [0.2, 0.25) is 0 Å². The highest BCUT2D eigenvalue weighted by Crippen LogP contribution is 2.56. The maximum absolute atomic E-state index is 11.0. The number of H-pyrrole nitrogens is 1. The van der Waals surface area contributed by atoms with Crippen LogP contribution in [-0.4, -0.2) is 79.7 Å². The van der Waals surface area contributed by atoms with E-state index in [0.717, 1.165) is 37.8 Å². The summed E-state index contributed by atoms with van der Waals surface area (Å²) in [6.07, 6.45) is 3.22. The van der Waals surface area contributed by atoms with E-state index in [1.54, 1.807) is 6.07 Å². The molecule has 4 saturated carbocycles. The van der Waals surface area contributed by atoms with E-state index in [0.29, 0.717) is 47.8 Å². The second-order valence-corrected chi connectivity index (χ2v) is 11.2. The van der Waals surface area contributed by atoms with Crippen LogP contribution in [0, 0.1) is 24.7 Å². The SMILES string of the molecule is Cc1cc(Nc2cc(O[C@H]3COC4C3OC[C@@H]4O)nc(NC3C4CC5CC3CC(O)(C5)C4)n2)n[nH]1. The molecule has 5 N–H and O–H groups in total. The van der Waals surface area contributed by atoms with Gasteiger partial charge in [-0.25, -0.2) is 0 Å². The summed E-state index contributed by atoms with van der Waals surface area (Å²) >= 11 is 0. The van der Waals surface area contributed by atoms with Gasteiger partial charge in [0.25, 0.3) is 0 Å². The molecule has 8 rings (SSSR count). The highest BCUT2D eigenvalue weighted by atomic mass is 16.6. The van der Waals surface area contributed by atoms with Crippen molar-refractivity contribution in [2.75, 3.05) is 23.8 Å². The molecule has 2 aliphatic heterocycles. The van der Waals surface area contributed by atoms with E-state index >= 15 is 0 Å². The molecule has 11 heteroatoms. The summed E-state index contributed by atoms with van der Waals surface area (Å²) in [6, 6.07) is 3.88. The summed E-state index contributed by atoms with van der Waals surface area (Å²) in [5.41, 5.74) is 0.449. The van der Waals surface area contributed by atoms with Crippen molar-refractivity contribution >= 4 is 17.6 Å². The zero-order valence-corrected chi connectivity index (χ0v) is 19.7. The molecular weight excluding hydrogens is 452 g/mol.